The molecule has 0 radical (unpaired) electrons. The van der Waals surface area contributed by atoms with Gasteiger partial charge < -0.3 is 33.9 Å². The lowest BCUT2D eigenvalue weighted by Crippen LogP contribution is -2.34. The first kappa shape index (κ1) is 16.7. The highest BCUT2D eigenvalue weighted by atomic mass is 16.7. The zero-order chi connectivity index (χ0) is 18.4. The summed E-state index contributed by atoms with van der Waals surface area (Å²) in [6, 6.07) is 7.09. The van der Waals surface area contributed by atoms with Crippen LogP contribution < -0.4 is 23.7 Å². The van der Waals surface area contributed by atoms with E-state index in [2.05, 4.69) is 0 Å². The molecular formula is C19H20O7. The van der Waals surface area contributed by atoms with Crippen molar-refractivity contribution >= 4 is 0 Å². The molecule has 7 nitrogen and oxygen atoms in total. The largest absolute Gasteiger partial charge is 0.502 e. The van der Waals surface area contributed by atoms with Gasteiger partial charge in [-0.2, -0.15) is 0 Å². The molecule has 2 aliphatic rings. The number of aliphatic hydroxyl groups is 1. The molecule has 2 aromatic carbocycles. The third kappa shape index (κ3) is 2.47. The van der Waals surface area contributed by atoms with Crippen molar-refractivity contribution in [3.05, 3.63) is 35.4 Å². The second kappa shape index (κ2) is 6.17. The topological polar surface area (TPSA) is 86.6 Å². The van der Waals surface area contributed by atoms with Crippen LogP contribution in [0.4, 0.5) is 0 Å². The maximum atomic E-state index is 10.4. The van der Waals surface area contributed by atoms with Gasteiger partial charge in [0.2, 0.25) is 18.8 Å². The van der Waals surface area contributed by atoms with Crippen LogP contribution in [0.3, 0.4) is 0 Å². The van der Waals surface area contributed by atoms with E-state index in [0.29, 0.717) is 28.7 Å². The molecule has 2 N–H and O–H groups in total. The number of benzene rings is 2. The first-order valence-electron chi connectivity index (χ1n) is 8.26. The van der Waals surface area contributed by atoms with E-state index < -0.39 is 6.29 Å². The molecule has 3 atom stereocenters. The van der Waals surface area contributed by atoms with Gasteiger partial charge in [-0.15, -0.1) is 0 Å². The van der Waals surface area contributed by atoms with Gasteiger partial charge in [0.05, 0.1) is 14.2 Å². The summed E-state index contributed by atoms with van der Waals surface area (Å²) < 4.78 is 27.1. The Morgan fingerprint density at radius 3 is 2.19 bits per heavy atom. The Morgan fingerprint density at radius 1 is 0.962 bits per heavy atom. The molecule has 26 heavy (non-hydrogen) atoms. The van der Waals surface area contributed by atoms with E-state index >= 15 is 0 Å². The molecule has 0 saturated heterocycles. The van der Waals surface area contributed by atoms with Gasteiger partial charge in [-0.3, -0.25) is 0 Å². The predicted octanol–water partition coefficient (Wildman–Crippen LogP) is 2.62. The number of phenols is 1. The van der Waals surface area contributed by atoms with Crippen molar-refractivity contribution in [3.8, 4) is 34.5 Å². The minimum atomic E-state index is -0.987. The summed E-state index contributed by atoms with van der Waals surface area (Å²) in [6.07, 6.45) is -0.987. The standard InChI is InChI=1S/C19H20O7/c1-9-17(10-4-15(22-2)18(20)16(5-10)23-3)11-6-13-14(25-8-24-13)7-12(11)26-19(9)21/h4-7,9,17,19-21H,8H2,1-3H3/t9-,17+,19-/m0/s1. The summed E-state index contributed by atoms with van der Waals surface area (Å²) in [6.45, 7) is 2.05. The normalized spacial score (nSPS) is 23.2. The van der Waals surface area contributed by atoms with Gasteiger partial charge in [-0.1, -0.05) is 6.92 Å². The highest BCUT2D eigenvalue weighted by Gasteiger charge is 2.38. The fourth-order valence-corrected chi connectivity index (χ4v) is 3.55. The summed E-state index contributed by atoms with van der Waals surface area (Å²) >= 11 is 0. The Hall–Kier alpha value is -2.80. The Labute approximate surface area is 150 Å². The minimum absolute atomic E-state index is 0.0649. The zero-order valence-corrected chi connectivity index (χ0v) is 14.7. The summed E-state index contributed by atoms with van der Waals surface area (Å²) in [4.78, 5) is 0. The predicted molar refractivity (Wildman–Crippen MR) is 91.4 cm³/mol. The zero-order valence-electron chi connectivity index (χ0n) is 14.7. The molecule has 0 spiro atoms. The summed E-state index contributed by atoms with van der Waals surface area (Å²) in [5, 5.41) is 20.6. The molecule has 4 rings (SSSR count). The average Bonchev–Trinajstić information content (AvgIpc) is 3.09. The molecule has 0 bridgehead atoms. The molecule has 2 aliphatic heterocycles. The quantitative estimate of drug-likeness (QED) is 0.870. The third-order valence-electron chi connectivity index (χ3n) is 4.92. The Bertz CT molecular complexity index is 823. The number of hydrogen-bond donors (Lipinski definition) is 2. The maximum Gasteiger partial charge on any atom is 0.231 e. The first-order chi connectivity index (χ1) is 12.5. The van der Waals surface area contributed by atoms with Crippen molar-refractivity contribution in [2.45, 2.75) is 19.1 Å². The molecule has 0 saturated carbocycles. The molecule has 138 valence electrons. The summed E-state index contributed by atoms with van der Waals surface area (Å²) in [5.41, 5.74) is 1.69. The second-order valence-corrected chi connectivity index (χ2v) is 6.36. The molecule has 2 aromatic rings. The van der Waals surface area contributed by atoms with Gasteiger partial charge in [-0.25, -0.2) is 0 Å². The number of rotatable bonds is 3. The van der Waals surface area contributed by atoms with Gasteiger partial charge in [0.1, 0.15) is 5.75 Å². The van der Waals surface area contributed by atoms with Gasteiger partial charge in [0, 0.05) is 23.5 Å². The number of aliphatic hydroxyl groups excluding tert-OH is 1. The van der Waals surface area contributed by atoms with Crippen LogP contribution in [0.1, 0.15) is 24.0 Å². The van der Waals surface area contributed by atoms with Gasteiger partial charge >= 0.3 is 0 Å². The fourth-order valence-electron chi connectivity index (χ4n) is 3.55. The first-order valence-corrected chi connectivity index (χ1v) is 8.26. The van der Waals surface area contributed by atoms with Crippen molar-refractivity contribution in [1.29, 1.82) is 0 Å². The van der Waals surface area contributed by atoms with Gasteiger partial charge in [-0.05, 0) is 23.8 Å². The number of ether oxygens (including phenoxy) is 5. The van der Waals surface area contributed by atoms with Crippen molar-refractivity contribution < 1.29 is 33.9 Å². The van der Waals surface area contributed by atoms with Crippen LogP contribution >= 0.6 is 0 Å². The van der Waals surface area contributed by atoms with Crippen LogP contribution in [-0.2, 0) is 0 Å². The SMILES string of the molecule is COc1cc([C@@H]2c3cc4c(cc3O[C@H](O)[C@H]2C)OCO4)cc(OC)c1O. The summed E-state index contributed by atoms with van der Waals surface area (Å²) in [5.74, 6) is 1.84. The Balaban J connectivity index is 1.89. The van der Waals surface area contributed by atoms with Crippen LogP contribution in [0, 0.1) is 5.92 Å². The van der Waals surface area contributed by atoms with Crippen LogP contribution in [0.5, 0.6) is 34.5 Å². The van der Waals surface area contributed by atoms with E-state index in [1.54, 1.807) is 18.2 Å². The van der Waals surface area contributed by atoms with E-state index in [0.717, 1.165) is 11.1 Å². The van der Waals surface area contributed by atoms with Crippen LogP contribution in [0.2, 0.25) is 0 Å². The van der Waals surface area contributed by atoms with Crippen LogP contribution in [0.15, 0.2) is 24.3 Å². The summed E-state index contributed by atoms with van der Waals surface area (Å²) in [7, 11) is 2.96. The van der Waals surface area contributed by atoms with E-state index in [9.17, 15) is 10.2 Å². The molecule has 7 heteroatoms. The van der Waals surface area contributed by atoms with Crippen molar-refractivity contribution in [1.82, 2.24) is 0 Å². The molecule has 0 amide bonds. The number of phenolic OH excluding ortho intramolecular Hbond substituents is 1. The van der Waals surface area contributed by atoms with E-state index in [1.807, 2.05) is 13.0 Å². The molecule has 0 fully saturated rings. The van der Waals surface area contributed by atoms with Gasteiger partial charge in [0.15, 0.2) is 23.0 Å². The van der Waals surface area contributed by atoms with Crippen LogP contribution in [-0.4, -0.2) is 37.5 Å². The van der Waals surface area contributed by atoms with Crippen molar-refractivity contribution in [3.63, 3.8) is 0 Å². The number of hydrogen-bond acceptors (Lipinski definition) is 7. The lowest BCUT2D eigenvalue weighted by molar-refractivity contribution is -0.0729. The second-order valence-electron chi connectivity index (χ2n) is 6.36. The molecule has 0 aromatic heterocycles. The van der Waals surface area contributed by atoms with Crippen molar-refractivity contribution in [2.75, 3.05) is 21.0 Å². The number of aromatic hydroxyl groups is 1. The molecule has 2 heterocycles. The molecular weight excluding hydrogens is 340 g/mol. The van der Waals surface area contributed by atoms with Crippen molar-refractivity contribution in [2.24, 2.45) is 5.92 Å². The highest BCUT2D eigenvalue weighted by Crippen LogP contribution is 2.50. The Morgan fingerprint density at radius 2 is 1.58 bits per heavy atom. The van der Waals surface area contributed by atoms with E-state index in [4.69, 9.17) is 23.7 Å². The number of fused-ring (bicyclic) bond motifs is 2. The number of methoxy groups -OCH3 is 2. The fraction of sp³-hybridized carbons (Fsp3) is 0.368. The Kier molecular flexibility index (Phi) is 3.96. The smallest absolute Gasteiger partial charge is 0.231 e. The minimum Gasteiger partial charge on any atom is -0.502 e. The maximum absolute atomic E-state index is 10.4. The van der Waals surface area contributed by atoms with Crippen LogP contribution in [0.25, 0.3) is 0 Å². The lowest BCUT2D eigenvalue weighted by atomic mass is 9.79. The van der Waals surface area contributed by atoms with E-state index in [-0.39, 0.29) is 24.4 Å². The molecule has 0 unspecified atom stereocenters. The lowest BCUT2D eigenvalue weighted by Gasteiger charge is -2.35. The van der Waals surface area contributed by atoms with E-state index in [1.165, 1.54) is 14.2 Å². The third-order valence-corrected chi connectivity index (χ3v) is 4.92. The molecule has 0 aliphatic carbocycles. The average molecular weight is 360 g/mol. The van der Waals surface area contributed by atoms with Gasteiger partial charge in [0.25, 0.3) is 0 Å². The monoisotopic (exact) mass is 360 g/mol. The highest BCUT2D eigenvalue weighted by molar-refractivity contribution is 5.59.